The standard InChI is InChI=1S/C22H21N3O2/c1-14-6-7-16-13-19(23-18(16)12-14)22(26)25-10-8-15(9-11-25)21-24-17-4-2-3-5-20(17)27-21/h2-7,12-13,15,23H,8-11H2,1H3. The Morgan fingerprint density at radius 1 is 1.15 bits per heavy atom. The summed E-state index contributed by atoms with van der Waals surface area (Å²) in [4.78, 5) is 22.7. The zero-order chi connectivity index (χ0) is 18.4. The van der Waals surface area contributed by atoms with Crippen molar-refractivity contribution in [2.45, 2.75) is 25.7 Å². The Balaban J connectivity index is 1.31. The Morgan fingerprint density at radius 2 is 1.96 bits per heavy atom. The minimum atomic E-state index is 0.0693. The summed E-state index contributed by atoms with van der Waals surface area (Å²) in [5.41, 5.74) is 4.59. The van der Waals surface area contributed by atoms with Crippen LogP contribution in [-0.2, 0) is 0 Å². The van der Waals surface area contributed by atoms with Crippen LogP contribution in [0.25, 0.3) is 22.0 Å². The quantitative estimate of drug-likeness (QED) is 0.567. The average molecular weight is 359 g/mol. The third-order valence-electron chi connectivity index (χ3n) is 5.45. The fourth-order valence-electron chi connectivity index (χ4n) is 3.92. The average Bonchev–Trinajstić information content (AvgIpc) is 3.31. The molecular weight excluding hydrogens is 338 g/mol. The van der Waals surface area contributed by atoms with Crippen molar-refractivity contribution in [3.8, 4) is 0 Å². The van der Waals surface area contributed by atoms with Gasteiger partial charge in [0.1, 0.15) is 11.2 Å². The first kappa shape index (κ1) is 16.1. The summed E-state index contributed by atoms with van der Waals surface area (Å²) in [5.74, 6) is 1.14. The fourth-order valence-corrected chi connectivity index (χ4v) is 3.92. The molecule has 4 aromatic rings. The number of nitrogens with zero attached hydrogens (tertiary/aromatic N) is 2. The summed E-state index contributed by atoms with van der Waals surface area (Å²) in [6.45, 7) is 3.49. The Kier molecular flexibility index (Phi) is 3.74. The molecule has 0 radical (unpaired) electrons. The van der Waals surface area contributed by atoms with E-state index >= 15 is 0 Å². The number of amides is 1. The van der Waals surface area contributed by atoms with Crippen LogP contribution in [0.15, 0.2) is 52.9 Å². The van der Waals surface area contributed by atoms with Gasteiger partial charge in [-0.2, -0.15) is 0 Å². The number of para-hydroxylation sites is 2. The van der Waals surface area contributed by atoms with Crippen LogP contribution in [0.5, 0.6) is 0 Å². The lowest BCUT2D eigenvalue weighted by molar-refractivity contribution is 0.0702. The normalized spacial score (nSPS) is 15.7. The number of aromatic amines is 1. The molecule has 136 valence electrons. The molecule has 0 spiro atoms. The van der Waals surface area contributed by atoms with E-state index < -0.39 is 0 Å². The predicted octanol–water partition coefficient (Wildman–Crippen LogP) is 4.64. The number of oxazole rings is 1. The second-order valence-corrected chi connectivity index (χ2v) is 7.36. The smallest absolute Gasteiger partial charge is 0.270 e. The number of piperidine rings is 1. The summed E-state index contributed by atoms with van der Waals surface area (Å²) < 4.78 is 5.92. The third-order valence-corrected chi connectivity index (χ3v) is 5.45. The number of aromatic nitrogens is 2. The molecule has 0 unspecified atom stereocenters. The molecule has 5 heteroatoms. The highest BCUT2D eigenvalue weighted by Gasteiger charge is 2.28. The van der Waals surface area contributed by atoms with E-state index in [1.165, 1.54) is 5.56 Å². The summed E-state index contributed by atoms with van der Waals surface area (Å²) in [7, 11) is 0. The summed E-state index contributed by atoms with van der Waals surface area (Å²) in [5, 5.41) is 1.07. The SMILES string of the molecule is Cc1ccc2cc(C(=O)N3CCC(c4nc5ccccc5o4)CC3)[nH]c2c1. The van der Waals surface area contributed by atoms with Crippen molar-refractivity contribution < 1.29 is 9.21 Å². The number of fused-ring (bicyclic) bond motifs is 2. The Morgan fingerprint density at radius 3 is 2.78 bits per heavy atom. The van der Waals surface area contributed by atoms with Crippen LogP contribution >= 0.6 is 0 Å². The highest BCUT2D eigenvalue weighted by atomic mass is 16.3. The molecule has 1 aliphatic rings. The van der Waals surface area contributed by atoms with E-state index in [2.05, 4.69) is 35.1 Å². The second kappa shape index (κ2) is 6.27. The monoisotopic (exact) mass is 359 g/mol. The van der Waals surface area contributed by atoms with Gasteiger partial charge in [-0.05, 0) is 49.6 Å². The van der Waals surface area contributed by atoms with E-state index in [-0.39, 0.29) is 11.8 Å². The lowest BCUT2D eigenvalue weighted by Crippen LogP contribution is -2.38. The Labute approximate surface area is 157 Å². The van der Waals surface area contributed by atoms with Gasteiger partial charge in [-0.3, -0.25) is 4.79 Å². The van der Waals surface area contributed by atoms with Gasteiger partial charge in [0.25, 0.3) is 5.91 Å². The maximum atomic E-state index is 12.9. The number of likely N-dealkylation sites (tertiary alicyclic amines) is 1. The molecule has 1 saturated heterocycles. The molecule has 0 atom stereocenters. The number of rotatable bonds is 2. The molecule has 2 aromatic carbocycles. The molecule has 27 heavy (non-hydrogen) atoms. The molecule has 3 heterocycles. The first-order chi connectivity index (χ1) is 13.2. The summed E-state index contributed by atoms with van der Waals surface area (Å²) >= 11 is 0. The lowest BCUT2D eigenvalue weighted by atomic mass is 9.96. The van der Waals surface area contributed by atoms with Crippen LogP contribution in [-0.4, -0.2) is 33.9 Å². The van der Waals surface area contributed by atoms with Gasteiger partial charge in [-0.25, -0.2) is 4.98 Å². The number of carbonyl (C=O) groups excluding carboxylic acids is 1. The van der Waals surface area contributed by atoms with E-state index in [1.807, 2.05) is 35.2 Å². The van der Waals surface area contributed by atoms with Crippen molar-refractivity contribution in [3.05, 3.63) is 65.7 Å². The van der Waals surface area contributed by atoms with Crippen molar-refractivity contribution in [3.63, 3.8) is 0 Å². The van der Waals surface area contributed by atoms with Crippen LogP contribution in [0, 0.1) is 6.92 Å². The third kappa shape index (κ3) is 2.89. The van der Waals surface area contributed by atoms with Gasteiger partial charge in [0.2, 0.25) is 0 Å². The molecule has 0 bridgehead atoms. The molecule has 5 nitrogen and oxygen atoms in total. The predicted molar refractivity (Wildman–Crippen MR) is 105 cm³/mol. The Bertz CT molecular complexity index is 1100. The fraction of sp³-hybridized carbons (Fsp3) is 0.273. The molecule has 2 aromatic heterocycles. The summed E-state index contributed by atoms with van der Waals surface area (Å²) in [6.07, 6.45) is 1.75. The van der Waals surface area contributed by atoms with E-state index in [0.717, 1.165) is 53.8 Å². The first-order valence-electron chi connectivity index (χ1n) is 9.41. The van der Waals surface area contributed by atoms with Crippen LogP contribution in [0.3, 0.4) is 0 Å². The van der Waals surface area contributed by atoms with E-state index in [4.69, 9.17) is 4.42 Å². The summed E-state index contributed by atoms with van der Waals surface area (Å²) in [6, 6.07) is 16.0. The van der Waals surface area contributed by atoms with Crippen molar-refractivity contribution >= 4 is 27.9 Å². The van der Waals surface area contributed by atoms with Gasteiger partial charge in [0.05, 0.1) is 0 Å². The van der Waals surface area contributed by atoms with E-state index in [1.54, 1.807) is 0 Å². The topological polar surface area (TPSA) is 62.1 Å². The molecular formula is C22H21N3O2. The van der Waals surface area contributed by atoms with Crippen LogP contribution < -0.4 is 0 Å². The highest BCUT2D eigenvalue weighted by molar-refractivity contribution is 5.98. The van der Waals surface area contributed by atoms with Gasteiger partial charge in [0, 0.05) is 29.9 Å². The van der Waals surface area contributed by atoms with E-state index in [9.17, 15) is 4.79 Å². The van der Waals surface area contributed by atoms with Crippen molar-refractivity contribution in [2.75, 3.05) is 13.1 Å². The van der Waals surface area contributed by atoms with Crippen molar-refractivity contribution in [2.24, 2.45) is 0 Å². The van der Waals surface area contributed by atoms with Crippen LogP contribution in [0.2, 0.25) is 0 Å². The zero-order valence-electron chi connectivity index (χ0n) is 15.2. The number of nitrogens with one attached hydrogen (secondary N) is 1. The lowest BCUT2D eigenvalue weighted by Gasteiger charge is -2.30. The number of hydrogen-bond donors (Lipinski definition) is 1. The van der Waals surface area contributed by atoms with Gasteiger partial charge in [-0.1, -0.05) is 24.3 Å². The highest BCUT2D eigenvalue weighted by Crippen LogP contribution is 2.30. The van der Waals surface area contributed by atoms with Crippen molar-refractivity contribution in [1.29, 1.82) is 0 Å². The molecule has 0 aliphatic carbocycles. The Hall–Kier alpha value is -3.08. The largest absolute Gasteiger partial charge is 0.440 e. The maximum absolute atomic E-state index is 12.9. The number of H-pyrrole nitrogens is 1. The van der Waals surface area contributed by atoms with E-state index in [0.29, 0.717) is 5.69 Å². The minimum absolute atomic E-state index is 0.0693. The first-order valence-corrected chi connectivity index (χ1v) is 9.41. The zero-order valence-corrected chi connectivity index (χ0v) is 15.2. The number of hydrogen-bond acceptors (Lipinski definition) is 3. The number of benzene rings is 2. The van der Waals surface area contributed by atoms with Crippen LogP contribution in [0.4, 0.5) is 0 Å². The molecule has 1 fully saturated rings. The second-order valence-electron chi connectivity index (χ2n) is 7.36. The number of aryl methyl sites for hydroxylation is 1. The minimum Gasteiger partial charge on any atom is -0.440 e. The molecule has 1 N–H and O–H groups in total. The van der Waals surface area contributed by atoms with Crippen LogP contribution in [0.1, 0.15) is 40.7 Å². The molecule has 5 rings (SSSR count). The molecule has 1 amide bonds. The number of carbonyl (C=O) groups is 1. The van der Waals surface area contributed by atoms with Gasteiger partial charge in [0.15, 0.2) is 11.5 Å². The molecule has 0 saturated carbocycles. The van der Waals surface area contributed by atoms with Gasteiger partial charge in [-0.15, -0.1) is 0 Å². The maximum Gasteiger partial charge on any atom is 0.270 e. The van der Waals surface area contributed by atoms with Crippen molar-refractivity contribution in [1.82, 2.24) is 14.9 Å². The van der Waals surface area contributed by atoms with Gasteiger partial charge >= 0.3 is 0 Å². The van der Waals surface area contributed by atoms with Gasteiger partial charge < -0.3 is 14.3 Å². The molecule has 1 aliphatic heterocycles.